The largest absolute Gasteiger partial charge is 0.497 e. The zero-order chi connectivity index (χ0) is 18.8. The highest BCUT2D eigenvalue weighted by molar-refractivity contribution is 7.09. The molecular formula is C21H17NO4S. The first kappa shape index (κ1) is 17.3. The molecule has 27 heavy (non-hydrogen) atoms. The van der Waals surface area contributed by atoms with Crippen LogP contribution in [0.15, 0.2) is 69.4 Å². The lowest BCUT2D eigenvalue weighted by molar-refractivity contribution is 0.235. The quantitative estimate of drug-likeness (QED) is 0.501. The van der Waals surface area contributed by atoms with Crippen LogP contribution in [0.5, 0.6) is 11.5 Å². The molecule has 0 saturated carbocycles. The molecule has 0 aliphatic rings. The van der Waals surface area contributed by atoms with Gasteiger partial charge < -0.3 is 13.9 Å². The summed E-state index contributed by atoms with van der Waals surface area (Å²) in [7, 11) is 1.62. The average Bonchev–Trinajstić information content (AvgIpc) is 3.14. The van der Waals surface area contributed by atoms with Crippen LogP contribution in [0.1, 0.15) is 22.4 Å². The monoisotopic (exact) mass is 379 g/mol. The number of ether oxygens (including phenoxy) is 2. The number of fused-ring (bicyclic) bond motifs is 1. The summed E-state index contributed by atoms with van der Waals surface area (Å²) < 4.78 is 16.9. The molecule has 136 valence electrons. The minimum absolute atomic E-state index is 0.153. The van der Waals surface area contributed by atoms with Crippen molar-refractivity contribution in [1.29, 1.82) is 0 Å². The molecule has 1 unspecified atom stereocenters. The Bertz CT molecular complexity index is 1130. The molecule has 0 aliphatic carbocycles. The molecule has 5 nitrogen and oxygen atoms in total. The molecule has 1 atom stereocenters. The van der Waals surface area contributed by atoms with Gasteiger partial charge in [0.25, 0.3) is 0 Å². The van der Waals surface area contributed by atoms with E-state index in [-0.39, 0.29) is 11.2 Å². The fourth-order valence-corrected chi connectivity index (χ4v) is 3.47. The lowest BCUT2D eigenvalue weighted by Gasteiger charge is -2.17. The molecular weight excluding hydrogens is 362 g/mol. The lowest BCUT2D eigenvalue weighted by Crippen LogP contribution is -2.15. The molecule has 4 aromatic rings. The molecule has 0 spiro atoms. The zero-order valence-corrected chi connectivity index (χ0v) is 15.7. The van der Waals surface area contributed by atoms with E-state index in [2.05, 4.69) is 4.98 Å². The van der Waals surface area contributed by atoms with Crippen LogP contribution in [0.4, 0.5) is 0 Å². The number of nitrogens with zero attached hydrogens (tertiary/aromatic N) is 1. The minimum atomic E-state index is -0.523. The maximum absolute atomic E-state index is 12.8. The smallest absolute Gasteiger partial charge is 0.234 e. The van der Waals surface area contributed by atoms with Gasteiger partial charge in [0, 0.05) is 5.38 Å². The van der Waals surface area contributed by atoms with Gasteiger partial charge in [0.1, 0.15) is 17.6 Å². The lowest BCUT2D eigenvalue weighted by atomic mass is 10.1. The maximum Gasteiger partial charge on any atom is 0.234 e. The van der Waals surface area contributed by atoms with E-state index in [0.717, 1.165) is 22.0 Å². The Kier molecular flexibility index (Phi) is 4.64. The fraction of sp³-hybridized carbons (Fsp3) is 0.143. The van der Waals surface area contributed by atoms with Gasteiger partial charge in [-0.05, 0) is 36.8 Å². The Balaban J connectivity index is 1.77. The van der Waals surface area contributed by atoms with Crippen molar-refractivity contribution < 1.29 is 13.9 Å². The van der Waals surface area contributed by atoms with E-state index < -0.39 is 6.10 Å². The molecule has 0 fully saturated rings. The minimum Gasteiger partial charge on any atom is -0.497 e. The van der Waals surface area contributed by atoms with Crippen LogP contribution in [0, 0.1) is 6.92 Å². The molecule has 0 aliphatic heterocycles. The summed E-state index contributed by atoms with van der Waals surface area (Å²) in [5.74, 6) is 0.900. The summed E-state index contributed by atoms with van der Waals surface area (Å²) in [5, 5.41) is 3.35. The molecule has 2 heterocycles. The van der Waals surface area contributed by atoms with Crippen molar-refractivity contribution >= 4 is 22.3 Å². The summed E-state index contributed by atoms with van der Waals surface area (Å²) in [5.41, 5.74) is 1.94. The Morgan fingerprint density at radius 2 is 1.89 bits per heavy atom. The second-order valence-electron chi connectivity index (χ2n) is 5.99. The zero-order valence-electron chi connectivity index (χ0n) is 14.8. The Hall–Kier alpha value is -3.12. The van der Waals surface area contributed by atoms with Crippen molar-refractivity contribution in [2.24, 2.45) is 0 Å². The number of benzene rings is 2. The summed E-state index contributed by atoms with van der Waals surface area (Å²) >= 11 is 1.54. The Labute approximate surface area is 159 Å². The van der Waals surface area contributed by atoms with Crippen LogP contribution >= 0.6 is 11.3 Å². The summed E-state index contributed by atoms with van der Waals surface area (Å²) in [6, 6.07) is 14.6. The number of hydrogen-bond acceptors (Lipinski definition) is 6. The molecule has 0 amide bonds. The van der Waals surface area contributed by atoms with Gasteiger partial charge in [-0.25, -0.2) is 4.98 Å². The number of methoxy groups -OCH3 is 1. The van der Waals surface area contributed by atoms with Gasteiger partial charge in [-0.1, -0.05) is 24.3 Å². The van der Waals surface area contributed by atoms with Crippen molar-refractivity contribution in [1.82, 2.24) is 4.98 Å². The number of rotatable bonds is 5. The van der Waals surface area contributed by atoms with Crippen molar-refractivity contribution in [3.8, 4) is 11.5 Å². The Morgan fingerprint density at radius 3 is 2.59 bits per heavy atom. The first-order valence-electron chi connectivity index (χ1n) is 8.39. The second kappa shape index (κ2) is 7.25. The van der Waals surface area contributed by atoms with Gasteiger partial charge in [0.2, 0.25) is 11.2 Å². The number of para-hydroxylation sites is 1. The fourth-order valence-electron chi connectivity index (χ4n) is 2.85. The summed E-state index contributed by atoms with van der Waals surface area (Å²) in [6.45, 7) is 1.93. The number of aryl methyl sites for hydroxylation is 1. The summed E-state index contributed by atoms with van der Waals surface area (Å²) in [6.07, 6.45) is 0.838. The molecule has 4 rings (SSSR count). The third-order valence-corrected chi connectivity index (χ3v) is 5.01. The number of hydrogen-bond donors (Lipinski definition) is 0. The molecule has 0 radical (unpaired) electrons. The van der Waals surface area contributed by atoms with Crippen molar-refractivity contribution in [3.05, 3.63) is 86.7 Å². The second-order valence-corrected chi connectivity index (χ2v) is 7.05. The van der Waals surface area contributed by atoms with Crippen molar-refractivity contribution in [2.75, 3.05) is 7.11 Å². The third kappa shape index (κ3) is 3.44. The van der Waals surface area contributed by atoms with Gasteiger partial charge in [0.15, 0.2) is 6.10 Å². The van der Waals surface area contributed by atoms with E-state index in [0.29, 0.717) is 11.0 Å². The first-order chi connectivity index (χ1) is 13.2. The van der Waals surface area contributed by atoms with Crippen LogP contribution in [-0.4, -0.2) is 12.1 Å². The normalized spacial score (nSPS) is 12.1. The van der Waals surface area contributed by atoms with Crippen LogP contribution in [-0.2, 0) is 0 Å². The predicted molar refractivity (Wildman–Crippen MR) is 105 cm³/mol. The average molecular weight is 379 g/mol. The highest BCUT2D eigenvalue weighted by Crippen LogP contribution is 2.30. The van der Waals surface area contributed by atoms with Gasteiger partial charge in [-0.3, -0.25) is 4.79 Å². The first-order valence-corrected chi connectivity index (χ1v) is 9.27. The highest BCUT2D eigenvalue weighted by Gasteiger charge is 2.21. The van der Waals surface area contributed by atoms with Crippen LogP contribution in [0.2, 0.25) is 0 Å². The number of aromatic nitrogens is 1. The third-order valence-electron chi connectivity index (χ3n) is 4.22. The van der Waals surface area contributed by atoms with E-state index in [1.54, 1.807) is 25.3 Å². The van der Waals surface area contributed by atoms with Crippen LogP contribution in [0.3, 0.4) is 0 Å². The summed E-state index contributed by atoms with van der Waals surface area (Å²) in [4.78, 5) is 17.4. The highest BCUT2D eigenvalue weighted by atomic mass is 32.1. The van der Waals surface area contributed by atoms with Crippen LogP contribution < -0.4 is 14.9 Å². The van der Waals surface area contributed by atoms with Crippen LogP contribution in [0.25, 0.3) is 11.0 Å². The van der Waals surface area contributed by atoms with Crippen molar-refractivity contribution in [2.45, 2.75) is 13.0 Å². The van der Waals surface area contributed by atoms with Gasteiger partial charge in [-0.2, -0.15) is 0 Å². The van der Waals surface area contributed by atoms with E-state index in [1.165, 1.54) is 17.6 Å². The van der Waals surface area contributed by atoms with Gasteiger partial charge in [0.05, 0.1) is 23.2 Å². The topological polar surface area (TPSA) is 61.6 Å². The molecule has 2 aromatic heterocycles. The van der Waals surface area contributed by atoms with Crippen molar-refractivity contribution in [3.63, 3.8) is 0 Å². The van der Waals surface area contributed by atoms with Gasteiger partial charge in [-0.15, -0.1) is 11.3 Å². The van der Waals surface area contributed by atoms with Gasteiger partial charge >= 0.3 is 0 Å². The standard InChI is InChI=1S/C21H17NO4S/c1-13-22-17(12-27-13)21(14-7-9-15(24-2)10-8-14)26-19-11-25-18-6-4-3-5-16(18)20(19)23/h3-12,21H,1-2H3. The maximum atomic E-state index is 12.8. The molecule has 2 aromatic carbocycles. The van der Waals surface area contributed by atoms with E-state index in [4.69, 9.17) is 13.9 Å². The van der Waals surface area contributed by atoms with E-state index in [9.17, 15) is 4.79 Å². The number of thiazole rings is 1. The van der Waals surface area contributed by atoms with E-state index >= 15 is 0 Å². The molecule has 6 heteroatoms. The molecule has 0 N–H and O–H groups in total. The molecule has 0 saturated heterocycles. The SMILES string of the molecule is COc1ccc(C(Oc2coc3ccccc3c2=O)c2csc(C)n2)cc1. The Morgan fingerprint density at radius 1 is 1.11 bits per heavy atom. The predicted octanol–water partition coefficient (Wildman–Crippen LogP) is 4.73. The van der Waals surface area contributed by atoms with E-state index in [1.807, 2.05) is 42.6 Å². The molecule has 0 bridgehead atoms.